The summed E-state index contributed by atoms with van der Waals surface area (Å²) in [4.78, 5) is 4.21. The van der Waals surface area contributed by atoms with Gasteiger partial charge in [-0.3, -0.25) is 0 Å². The van der Waals surface area contributed by atoms with Crippen molar-refractivity contribution in [3.63, 3.8) is 0 Å². The SMILES string of the molecule is Fc1ccc2oc(N[C@H]3CCOc4c(F)cccc43)nc2c1. The monoisotopic (exact) mass is 302 g/mol. The minimum Gasteiger partial charge on any atom is -0.490 e. The summed E-state index contributed by atoms with van der Waals surface area (Å²) in [5.41, 5.74) is 1.66. The van der Waals surface area contributed by atoms with Gasteiger partial charge in [-0.25, -0.2) is 8.78 Å². The second-order valence-corrected chi connectivity index (χ2v) is 5.12. The quantitative estimate of drug-likeness (QED) is 0.776. The van der Waals surface area contributed by atoms with Crippen molar-refractivity contribution in [1.29, 1.82) is 0 Å². The van der Waals surface area contributed by atoms with E-state index in [0.29, 0.717) is 24.1 Å². The van der Waals surface area contributed by atoms with Gasteiger partial charge in [-0.2, -0.15) is 4.98 Å². The fourth-order valence-electron chi connectivity index (χ4n) is 2.65. The zero-order valence-corrected chi connectivity index (χ0v) is 11.5. The maximum atomic E-state index is 13.8. The predicted octanol–water partition coefficient (Wildman–Crippen LogP) is 4.04. The van der Waals surface area contributed by atoms with Gasteiger partial charge >= 0.3 is 0 Å². The number of nitrogens with one attached hydrogen (secondary N) is 1. The number of nitrogens with zero attached hydrogens (tertiary/aromatic N) is 1. The van der Waals surface area contributed by atoms with Gasteiger partial charge in [-0.05, 0) is 18.2 Å². The van der Waals surface area contributed by atoms with E-state index >= 15 is 0 Å². The van der Waals surface area contributed by atoms with Crippen LogP contribution in [0.5, 0.6) is 5.75 Å². The van der Waals surface area contributed by atoms with Crippen LogP contribution in [-0.4, -0.2) is 11.6 Å². The minimum atomic E-state index is -0.386. The second-order valence-electron chi connectivity index (χ2n) is 5.12. The van der Waals surface area contributed by atoms with Crippen LogP contribution in [0.1, 0.15) is 18.0 Å². The van der Waals surface area contributed by atoms with E-state index in [2.05, 4.69) is 10.3 Å². The molecule has 0 bridgehead atoms. The third-order valence-corrected chi connectivity index (χ3v) is 3.67. The maximum Gasteiger partial charge on any atom is 0.296 e. The Morgan fingerprint density at radius 2 is 2.09 bits per heavy atom. The lowest BCUT2D eigenvalue weighted by atomic mass is 10.0. The summed E-state index contributed by atoms with van der Waals surface area (Å²) in [5, 5.41) is 3.13. The molecule has 0 amide bonds. The van der Waals surface area contributed by atoms with Crippen molar-refractivity contribution in [3.05, 3.63) is 53.6 Å². The summed E-state index contributed by atoms with van der Waals surface area (Å²) in [6.07, 6.45) is 0.656. The molecule has 2 heterocycles. The van der Waals surface area contributed by atoms with Crippen LogP contribution < -0.4 is 10.1 Å². The standard InChI is InChI=1S/C16H12F2N2O2/c17-9-4-5-14-13(8-9)20-16(22-14)19-12-6-7-21-15-10(12)2-1-3-11(15)18/h1-5,8,12H,6-7H2,(H,19,20)/t12-/m0/s1. The van der Waals surface area contributed by atoms with E-state index < -0.39 is 0 Å². The van der Waals surface area contributed by atoms with Crippen LogP contribution in [0, 0.1) is 11.6 Å². The molecule has 0 spiro atoms. The number of ether oxygens (including phenoxy) is 1. The van der Waals surface area contributed by atoms with Crippen LogP contribution >= 0.6 is 0 Å². The van der Waals surface area contributed by atoms with Crippen molar-refractivity contribution < 1.29 is 17.9 Å². The van der Waals surface area contributed by atoms with Crippen molar-refractivity contribution in [2.75, 3.05) is 11.9 Å². The van der Waals surface area contributed by atoms with Crippen LogP contribution in [0.25, 0.3) is 11.1 Å². The van der Waals surface area contributed by atoms with Crippen LogP contribution in [0.4, 0.5) is 14.8 Å². The Morgan fingerprint density at radius 1 is 1.18 bits per heavy atom. The summed E-state index contributed by atoms with van der Waals surface area (Å²) in [7, 11) is 0. The first kappa shape index (κ1) is 13.1. The lowest BCUT2D eigenvalue weighted by Gasteiger charge is -2.26. The van der Waals surface area contributed by atoms with Crippen molar-refractivity contribution >= 4 is 17.1 Å². The molecule has 0 unspecified atom stereocenters. The summed E-state index contributed by atoms with van der Waals surface area (Å²) in [5.74, 6) is -0.497. The molecule has 0 saturated carbocycles. The highest BCUT2D eigenvalue weighted by Crippen LogP contribution is 2.36. The van der Waals surface area contributed by atoms with Crippen molar-refractivity contribution in [2.45, 2.75) is 12.5 Å². The highest BCUT2D eigenvalue weighted by Gasteiger charge is 2.25. The fourth-order valence-corrected chi connectivity index (χ4v) is 2.65. The molecule has 1 aliphatic rings. The van der Waals surface area contributed by atoms with Gasteiger partial charge in [0.25, 0.3) is 6.01 Å². The number of hydrogen-bond acceptors (Lipinski definition) is 4. The summed E-state index contributed by atoms with van der Waals surface area (Å²) in [6, 6.07) is 9.07. The molecule has 4 nitrogen and oxygen atoms in total. The number of benzene rings is 2. The smallest absolute Gasteiger partial charge is 0.296 e. The van der Waals surface area contributed by atoms with E-state index in [4.69, 9.17) is 9.15 Å². The van der Waals surface area contributed by atoms with E-state index in [1.165, 1.54) is 24.3 Å². The van der Waals surface area contributed by atoms with Crippen LogP contribution in [0.2, 0.25) is 0 Å². The van der Waals surface area contributed by atoms with Gasteiger partial charge in [0.2, 0.25) is 0 Å². The van der Waals surface area contributed by atoms with E-state index in [-0.39, 0.29) is 29.4 Å². The van der Waals surface area contributed by atoms with Gasteiger partial charge in [-0.15, -0.1) is 0 Å². The Balaban J connectivity index is 1.67. The molecule has 1 N–H and O–H groups in total. The van der Waals surface area contributed by atoms with Gasteiger partial charge in [-0.1, -0.05) is 12.1 Å². The summed E-state index contributed by atoms with van der Waals surface area (Å²) in [6.45, 7) is 0.403. The Bertz CT molecular complexity index is 847. The average molecular weight is 302 g/mol. The average Bonchev–Trinajstić information content (AvgIpc) is 2.90. The van der Waals surface area contributed by atoms with Gasteiger partial charge < -0.3 is 14.5 Å². The summed E-state index contributed by atoms with van der Waals surface area (Å²) < 4.78 is 37.9. The topological polar surface area (TPSA) is 47.3 Å². The number of fused-ring (bicyclic) bond motifs is 2. The minimum absolute atomic E-state index is 0.169. The van der Waals surface area contributed by atoms with E-state index in [9.17, 15) is 8.78 Å². The van der Waals surface area contributed by atoms with E-state index in [1.54, 1.807) is 12.1 Å². The normalized spacial score (nSPS) is 17.1. The van der Waals surface area contributed by atoms with Gasteiger partial charge in [0.05, 0.1) is 12.6 Å². The molecular formula is C16H12F2N2O2. The van der Waals surface area contributed by atoms with Gasteiger partial charge in [0.15, 0.2) is 17.1 Å². The second kappa shape index (κ2) is 4.98. The van der Waals surface area contributed by atoms with Crippen molar-refractivity contribution in [3.8, 4) is 5.75 Å². The molecule has 0 aliphatic carbocycles. The highest BCUT2D eigenvalue weighted by molar-refractivity contribution is 5.74. The third kappa shape index (κ3) is 2.16. The number of halogens is 2. The molecule has 3 aromatic rings. The molecule has 112 valence electrons. The number of anilines is 1. The molecule has 2 aromatic carbocycles. The Hall–Kier alpha value is -2.63. The molecule has 1 aromatic heterocycles. The zero-order valence-electron chi connectivity index (χ0n) is 11.5. The van der Waals surface area contributed by atoms with Gasteiger partial charge in [0.1, 0.15) is 11.3 Å². The number of oxazole rings is 1. The van der Waals surface area contributed by atoms with E-state index in [0.717, 1.165) is 5.56 Å². The Labute approximate surface area is 124 Å². The molecule has 1 atom stereocenters. The first-order chi connectivity index (χ1) is 10.7. The molecule has 0 saturated heterocycles. The molecule has 6 heteroatoms. The largest absolute Gasteiger partial charge is 0.490 e. The summed E-state index contributed by atoms with van der Waals surface area (Å²) >= 11 is 0. The molecule has 0 radical (unpaired) electrons. The Kier molecular flexibility index (Phi) is 2.96. The molecular weight excluding hydrogens is 290 g/mol. The number of hydrogen-bond donors (Lipinski definition) is 1. The molecule has 4 rings (SSSR count). The van der Waals surface area contributed by atoms with Crippen LogP contribution in [0.15, 0.2) is 40.8 Å². The van der Waals surface area contributed by atoms with Crippen LogP contribution in [-0.2, 0) is 0 Å². The zero-order chi connectivity index (χ0) is 15.1. The van der Waals surface area contributed by atoms with Crippen LogP contribution in [0.3, 0.4) is 0 Å². The Morgan fingerprint density at radius 3 is 3.00 bits per heavy atom. The van der Waals surface area contributed by atoms with Gasteiger partial charge in [0, 0.05) is 18.1 Å². The first-order valence-corrected chi connectivity index (χ1v) is 6.94. The highest BCUT2D eigenvalue weighted by atomic mass is 19.1. The lowest BCUT2D eigenvalue weighted by molar-refractivity contribution is 0.259. The number of para-hydroxylation sites is 1. The molecule has 1 aliphatic heterocycles. The van der Waals surface area contributed by atoms with Crippen molar-refractivity contribution in [1.82, 2.24) is 4.98 Å². The lowest BCUT2D eigenvalue weighted by Crippen LogP contribution is -2.21. The maximum absolute atomic E-state index is 13.8. The van der Waals surface area contributed by atoms with E-state index in [1.807, 2.05) is 0 Å². The van der Waals surface area contributed by atoms with Crippen molar-refractivity contribution in [2.24, 2.45) is 0 Å². The third-order valence-electron chi connectivity index (χ3n) is 3.67. The molecule has 22 heavy (non-hydrogen) atoms. The number of aromatic nitrogens is 1. The fraction of sp³-hybridized carbons (Fsp3) is 0.188. The first-order valence-electron chi connectivity index (χ1n) is 6.94. The molecule has 0 fully saturated rings. The predicted molar refractivity (Wildman–Crippen MR) is 76.8 cm³/mol. The number of rotatable bonds is 2.